The molecule has 0 atom stereocenters. The van der Waals surface area contributed by atoms with E-state index in [0.29, 0.717) is 6.54 Å². The van der Waals surface area contributed by atoms with E-state index in [-0.39, 0.29) is 0 Å². The Bertz CT molecular complexity index is 544. The molecule has 88 valence electrons. The van der Waals surface area contributed by atoms with Gasteiger partial charge in [-0.05, 0) is 24.7 Å². The standard InChI is InChI=1S/C13H16N4/c1-16-8-11-7-15-17(13(11)9-16)12-4-2-3-10(5-12)6-14/h2-5,7H,6,8-9,14H2,1H3. The number of hydrogen-bond donors (Lipinski definition) is 1. The molecule has 0 bridgehead atoms. The lowest BCUT2D eigenvalue weighted by Gasteiger charge is -2.09. The minimum Gasteiger partial charge on any atom is -0.326 e. The van der Waals surface area contributed by atoms with Gasteiger partial charge in [0, 0.05) is 25.2 Å². The Morgan fingerprint density at radius 1 is 1.35 bits per heavy atom. The van der Waals surface area contributed by atoms with Crippen LogP contribution in [0, 0.1) is 0 Å². The van der Waals surface area contributed by atoms with E-state index in [9.17, 15) is 0 Å². The van der Waals surface area contributed by atoms with Crippen molar-refractivity contribution in [3.63, 3.8) is 0 Å². The molecule has 1 aliphatic heterocycles. The third-order valence-electron chi connectivity index (χ3n) is 3.21. The highest BCUT2D eigenvalue weighted by molar-refractivity contribution is 5.39. The third kappa shape index (κ3) is 1.75. The quantitative estimate of drug-likeness (QED) is 0.842. The summed E-state index contributed by atoms with van der Waals surface area (Å²) in [5.41, 5.74) is 10.5. The van der Waals surface area contributed by atoms with E-state index < -0.39 is 0 Å². The Morgan fingerprint density at radius 2 is 2.24 bits per heavy atom. The van der Waals surface area contributed by atoms with Crippen LogP contribution in [0.15, 0.2) is 30.5 Å². The molecule has 2 N–H and O–H groups in total. The first-order valence-electron chi connectivity index (χ1n) is 5.81. The molecule has 0 unspecified atom stereocenters. The molecular weight excluding hydrogens is 212 g/mol. The van der Waals surface area contributed by atoms with Gasteiger partial charge in [-0.15, -0.1) is 0 Å². The minimum atomic E-state index is 0.567. The second-order valence-corrected chi connectivity index (χ2v) is 4.57. The zero-order valence-corrected chi connectivity index (χ0v) is 9.93. The first-order chi connectivity index (χ1) is 8.28. The van der Waals surface area contributed by atoms with Crippen LogP contribution in [0.3, 0.4) is 0 Å². The molecule has 0 radical (unpaired) electrons. The van der Waals surface area contributed by atoms with Crippen molar-refractivity contribution < 1.29 is 0 Å². The predicted molar refractivity (Wildman–Crippen MR) is 66.6 cm³/mol. The van der Waals surface area contributed by atoms with Crippen LogP contribution in [0.2, 0.25) is 0 Å². The van der Waals surface area contributed by atoms with Crippen LogP contribution < -0.4 is 5.73 Å². The lowest BCUT2D eigenvalue weighted by atomic mass is 10.2. The average molecular weight is 228 g/mol. The van der Waals surface area contributed by atoms with E-state index in [2.05, 4.69) is 29.2 Å². The molecule has 1 aromatic carbocycles. The monoisotopic (exact) mass is 228 g/mol. The topological polar surface area (TPSA) is 47.1 Å². The molecule has 2 aromatic rings. The molecule has 4 nitrogen and oxygen atoms in total. The van der Waals surface area contributed by atoms with Crippen LogP contribution in [0.4, 0.5) is 0 Å². The zero-order chi connectivity index (χ0) is 11.8. The maximum Gasteiger partial charge on any atom is 0.0652 e. The fraction of sp³-hybridized carbons (Fsp3) is 0.308. The molecule has 1 aliphatic rings. The van der Waals surface area contributed by atoms with Crippen LogP contribution in [0.1, 0.15) is 16.8 Å². The Kier molecular flexibility index (Phi) is 2.46. The van der Waals surface area contributed by atoms with Gasteiger partial charge in [0.15, 0.2) is 0 Å². The highest BCUT2D eigenvalue weighted by atomic mass is 15.3. The van der Waals surface area contributed by atoms with Gasteiger partial charge in [-0.25, -0.2) is 4.68 Å². The molecule has 0 saturated carbocycles. The van der Waals surface area contributed by atoms with Gasteiger partial charge < -0.3 is 5.73 Å². The molecule has 0 amide bonds. The van der Waals surface area contributed by atoms with Gasteiger partial charge in [-0.2, -0.15) is 5.10 Å². The summed E-state index contributed by atoms with van der Waals surface area (Å²) in [6.07, 6.45) is 1.97. The van der Waals surface area contributed by atoms with Crippen LogP contribution in [0.5, 0.6) is 0 Å². The Balaban J connectivity index is 2.04. The molecule has 17 heavy (non-hydrogen) atoms. The van der Waals surface area contributed by atoms with Gasteiger partial charge in [0.1, 0.15) is 0 Å². The summed E-state index contributed by atoms with van der Waals surface area (Å²) in [5, 5.41) is 4.47. The smallest absolute Gasteiger partial charge is 0.0652 e. The zero-order valence-electron chi connectivity index (χ0n) is 9.93. The number of nitrogens with two attached hydrogens (primary N) is 1. The lowest BCUT2D eigenvalue weighted by Crippen LogP contribution is -2.11. The van der Waals surface area contributed by atoms with Crippen molar-refractivity contribution in [2.75, 3.05) is 7.05 Å². The number of rotatable bonds is 2. The van der Waals surface area contributed by atoms with E-state index in [1.165, 1.54) is 11.3 Å². The summed E-state index contributed by atoms with van der Waals surface area (Å²) in [7, 11) is 2.13. The average Bonchev–Trinajstić information content (AvgIpc) is 2.87. The number of fused-ring (bicyclic) bond motifs is 1. The van der Waals surface area contributed by atoms with E-state index in [1.807, 2.05) is 23.0 Å². The van der Waals surface area contributed by atoms with Crippen LogP contribution >= 0.6 is 0 Å². The molecule has 3 rings (SSSR count). The minimum absolute atomic E-state index is 0.567. The van der Waals surface area contributed by atoms with Crippen molar-refractivity contribution in [2.45, 2.75) is 19.6 Å². The van der Waals surface area contributed by atoms with E-state index >= 15 is 0 Å². The molecule has 0 aliphatic carbocycles. The lowest BCUT2D eigenvalue weighted by molar-refractivity contribution is 0.346. The fourth-order valence-electron chi connectivity index (χ4n) is 2.35. The molecule has 2 heterocycles. The van der Waals surface area contributed by atoms with E-state index in [0.717, 1.165) is 24.3 Å². The van der Waals surface area contributed by atoms with Gasteiger partial charge in [-0.1, -0.05) is 12.1 Å². The third-order valence-corrected chi connectivity index (χ3v) is 3.21. The van der Waals surface area contributed by atoms with E-state index in [1.54, 1.807) is 0 Å². The van der Waals surface area contributed by atoms with Crippen molar-refractivity contribution in [1.82, 2.24) is 14.7 Å². The second kappa shape index (κ2) is 3.98. The number of hydrogen-bond acceptors (Lipinski definition) is 3. The van der Waals surface area contributed by atoms with Crippen LogP contribution in [-0.4, -0.2) is 21.7 Å². The summed E-state index contributed by atoms with van der Waals surface area (Å²) in [5.74, 6) is 0. The maximum atomic E-state index is 5.67. The summed E-state index contributed by atoms with van der Waals surface area (Å²) >= 11 is 0. The van der Waals surface area contributed by atoms with Crippen molar-refractivity contribution >= 4 is 0 Å². The highest BCUT2D eigenvalue weighted by Crippen LogP contribution is 2.23. The first kappa shape index (κ1) is 10.5. The molecular formula is C13H16N4. The van der Waals surface area contributed by atoms with Crippen LogP contribution in [-0.2, 0) is 19.6 Å². The number of nitrogens with zero attached hydrogens (tertiary/aromatic N) is 3. The van der Waals surface area contributed by atoms with Crippen LogP contribution in [0.25, 0.3) is 5.69 Å². The van der Waals surface area contributed by atoms with Gasteiger partial charge in [0.25, 0.3) is 0 Å². The normalized spacial score (nSPS) is 15.2. The number of aromatic nitrogens is 2. The van der Waals surface area contributed by atoms with Gasteiger partial charge in [0.2, 0.25) is 0 Å². The first-order valence-corrected chi connectivity index (χ1v) is 5.81. The molecule has 0 fully saturated rings. The van der Waals surface area contributed by atoms with Gasteiger partial charge >= 0.3 is 0 Å². The van der Waals surface area contributed by atoms with Gasteiger partial charge in [0.05, 0.1) is 17.6 Å². The fourth-order valence-corrected chi connectivity index (χ4v) is 2.35. The molecule has 4 heteroatoms. The number of benzene rings is 1. The van der Waals surface area contributed by atoms with Crippen molar-refractivity contribution in [2.24, 2.45) is 5.73 Å². The summed E-state index contributed by atoms with van der Waals surface area (Å²) in [4.78, 5) is 2.29. The molecule has 0 spiro atoms. The summed E-state index contributed by atoms with van der Waals surface area (Å²) in [6, 6.07) is 8.25. The largest absolute Gasteiger partial charge is 0.326 e. The maximum absolute atomic E-state index is 5.67. The SMILES string of the molecule is CN1Cc2cnn(-c3cccc(CN)c3)c2C1. The van der Waals surface area contributed by atoms with Gasteiger partial charge in [-0.3, -0.25) is 4.90 Å². The Hall–Kier alpha value is -1.65. The Morgan fingerprint density at radius 3 is 3.06 bits per heavy atom. The Labute approximate surface area is 101 Å². The van der Waals surface area contributed by atoms with Crippen molar-refractivity contribution in [3.05, 3.63) is 47.3 Å². The second-order valence-electron chi connectivity index (χ2n) is 4.57. The summed E-state index contributed by atoms with van der Waals surface area (Å²) in [6.45, 7) is 2.52. The molecule has 0 saturated heterocycles. The van der Waals surface area contributed by atoms with Crippen molar-refractivity contribution in [1.29, 1.82) is 0 Å². The van der Waals surface area contributed by atoms with E-state index in [4.69, 9.17) is 5.73 Å². The van der Waals surface area contributed by atoms with Crippen molar-refractivity contribution in [3.8, 4) is 5.69 Å². The predicted octanol–water partition coefficient (Wildman–Crippen LogP) is 1.28. The highest BCUT2D eigenvalue weighted by Gasteiger charge is 2.21. The molecule has 1 aromatic heterocycles. The summed E-state index contributed by atoms with van der Waals surface area (Å²) < 4.78 is 2.03.